The summed E-state index contributed by atoms with van der Waals surface area (Å²) in [6, 6.07) is 12.6. The van der Waals surface area contributed by atoms with Gasteiger partial charge in [0.25, 0.3) is 5.91 Å². The van der Waals surface area contributed by atoms with Crippen molar-refractivity contribution in [2.24, 2.45) is 0 Å². The highest BCUT2D eigenvalue weighted by atomic mass is 32.1. The number of Topliss-reactive ketones (excluding diaryl/α,β-unsaturated/α-hetero) is 1. The molecule has 0 radical (unpaired) electrons. The van der Waals surface area contributed by atoms with Crippen LogP contribution >= 0.6 is 11.3 Å². The first-order valence-electron chi connectivity index (χ1n) is 6.44. The van der Waals surface area contributed by atoms with Gasteiger partial charge in [-0.1, -0.05) is 12.1 Å². The highest BCUT2D eigenvalue weighted by Crippen LogP contribution is 2.13. The van der Waals surface area contributed by atoms with Gasteiger partial charge in [0.2, 0.25) is 0 Å². The average Bonchev–Trinajstić information content (AvgIpc) is 3.06. The summed E-state index contributed by atoms with van der Waals surface area (Å²) in [5.74, 6) is -0.341. The van der Waals surface area contributed by atoms with E-state index in [-0.39, 0.29) is 18.2 Å². The molecule has 0 spiro atoms. The van der Waals surface area contributed by atoms with Crippen LogP contribution in [0.25, 0.3) is 10.9 Å². The van der Waals surface area contributed by atoms with Crippen molar-refractivity contribution >= 4 is 33.9 Å². The van der Waals surface area contributed by atoms with Crippen molar-refractivity contribution in [1.82, 2.24) is 10.3 Å². The van der Waals surface area contributed by atoms with Crippen LogP contribution in [0.1, 0.15) is 20.0 Å². The maximum atomic E-state index is 12.1. The lowest BCUT2D eigenvalue weighted by Gasteiger charge is -2.05. The molecule has 1 amide bonds. The van der Waals surface area contributed by atoms with Crippen LogP contribution in [0.5, 0.6) is 0 Å². The number of pyridine rings is 1. The highest BCUT2D eigenvalue weighted by Gasteiger charge is 2.11. The van der Waals surface area contributed by atoms with Crippen molar-refractivity contribution in [1.29, 1.82) is 0 Å². The molecule has 0 saturated heterocycles. The van der Waals surface area contributed by atoms with E-state index in [0.717, 1.165) is 10.9 Å². The van der Waals surface area contributed by atoms with Gasteiger partial charge in [-0.2, -0.15) is 0 Å². The number of nitrogens with zero attached hydrogens (tertiary/aromatic N) is 1. The number of carbonyl (C=O) groups is 2. The lowest BCUT2D eigenvalue weighted by Crippen LogP contribution is -2.29. The van der Waals surface area contributed by atoms with Gasteiger partial charge in [0.15, 0.2) is 5.78 Å². The van der Waals surface area contributed by atoms with Gasteiger partial charge in [-0.3, -0.25) is 14.6 Å². The topological polar surface area (TPSA) is 59.1 Å². The first-order chi connectivity index (χ1) is 10.2. The van der Waals surface area contributed by atoms with Gasteiger partial charge in [0.05, 0.1) is 16.9 Å². The molecule has 2 heterocycles. The summed E-state index contributed by atoms with van der Waals surface area (Å²) in [7, 11) is 0. The fourth-order valence-electron chi connectivity index (χ4n) is 2.00. The third-order valence-electron chi connectivity index (χ3n) is 3.07. The van der Waals surface area contributed by atoms with Crippen LogP contribution in [0.4, 0.5) is 0 Å². The van der Waals surface area contributed by atoms with Crippen molar-refractivity contribution in [3.63, 3.8) is 0 Å². The maximum absolute atomic E-state index is 12.1. The van der Waals surface area contributed by atoms with E-state index in [0.29, 0.717) is 10.4 Å². The van der Waals surface area contributed by atoms with Gasteiger partial charge in [0.1, 0.15) is 0 Å². The number of nitrogens with one attached hydrogen (secondary N) is 1. The van der Waals surface area contributed by atoms with Crippen LogP contribution in [-0.4, -0.2) is 23.2 Å². The minimum Gasteiger partial charge on any atom is -0.345 e. The van der Waals surface area contributed by atoms with Crippen molar-refractivity contribution in [2.45, 2.75) is 0 Å². The second kappa shape index (κ2) is 5.85. The number of benzene rings is 1. The molecule has 0 unspecified atom stereocenters. The number of thiophene rings is 1. The van der Waals surface area contributed by atoms with Crippen molar-refractivity contribution in [3.05, 3.63) is 64.5 Å². The number of ketones is 1. The highest BCUT2D eigenvalue weighted by molar-refractivity contribution is 7.12. The van der Waals surface area contributed by atoms with Crippen molar-refractivity contribution in [2.75, 3.05) is 6.54 Å². The third kappa shape index (κ3) is 2.98. The van der Waals surface area contributed by atoms with E-state index in [1.54, 1.807) is 30.5 Å². The molecule has 0 aliphatic rings. The third-order valence-corrected chi connectivity index (χ3v) is 3.98. The Morgan fingerprint density at radius 1 is 1.14 bits per heavy atom. The molecule has 0 bridgehead atoms. The van der Waals surface area contributed by atoms with Gasteiger partial charge in [-0.15, -0.1) is 11.3 Å². The maximum Gasteiger partial charge on any atom is 0.251 e. The lowest BCUT2D eigenvalue weighted by molar-refractivity contribution is 0.0905. The zero-order chi connectivity index (χ0) is 14.7. The molecule has 0 aliphatic carbocycles. The quantitative estimate of drug-likeness (QED) is 0.753. The van der Waals surface area contributed by atoms with Crippen LogP contribution in [0.2, 0.25) is 0 Å². The predicted octanol–water partition coefficient (Wildman–Crippen LogP) is 2.91. The second-order valence-electron chi connectivity index (χ2n) is 4.49. The Balaban J connectivity index is 1.70. The number of amides is 1. The summed E-state index contributed by atoms with van der Waals surface area (Å²) in [6.45, 7) is 0.00439. The van der Waals surface area contributed by atoms with E-state index in [2.05, 4.69) is 10.3 Å². The molecule has 3 rings (SSSR count). The zero-order valence-corrected chi connectivity index (χ0v) is 11.9. The van der Waals surface area contributed by atoms with E-state index in [9.17, 15) is 9.59 Å². The smallest absolute Gasteiger partial charge is 0.251 e. The summed E-state index contributed by atoms with van der Waals surface area (Å²) in [6.07, 6.45) is 1.71. The Kier molecular flexibility index (Phi) is 3.75. The molecule has 5 heteroatoms. The minimum atomic E-state index is -0.259. The van der Waals surface area contributed by atoms with Gasteiger partial charge < -0.3 is 5.32 Å². The summed E-state index contributed by atoms with van der Waals surface area (Å²) >= 11 is 1.37. The van der Waals surface area contributed by atoms with Crippen LogP contribution in [0.3, 0.4) is 0 Å². The number of fused-ring (bicyclic) bond motifs is 1. The molecular formula is C16H12N2O2S. The van der Waals surface area contributed by atoms with Crippen LogP contribution in [-0.2, 0) is 0 Å². The lowest BCUT2D eigenvalue weighted by atomic mass is 10.1. The van der Waals surface area contributed by atoms with E-state index in [4.69, 9.17) is 0 Å². The molecule has 0 atom stereocenters. The Bertz CT molecular complexity index is 797. The van der Waals surface area contributed by atoms with Crippen molar-refractivity contribution < 1.29 is 9.59 Å². The Labute approximate surface area is 125 Å². The summed E-state index contributed by atoms with van der Waals surface area (Å²) in [5.41, 5.74) is 1.36. The van der Waals surface area contributed by atoms with E-state index in [1.165, 1.54) is 11.3 Å². The standard InChI is InChI=1S/C16H12N2O2S/c19-14(15-4-2-8-21-15)10-18-16(20)12-5-6-13-11(9-12)3-1-7-17-13/h1-9H,10H2,(H,18,20). The Morgan fingerprint density at radius 3 is 2.86 bits per heavy atom. The molecular weight excluding hydrogens is 284 g/mol. The van der Waals surface area contributed by atoms with Crippen LogP contribution < -0.4 is 5.32 Å². The van der Waals surface area contributed by atoms with Crippen LogP contribution in [0.15, 0.2) is 54.0 Å². The molecule has 0 fully saturated rings. The van der Waals surface area contributed by atoms with Gasteiger partial charge in [-0.05, 0) is 35.7 Å². The zero-order valence-electron chi connectivity index (χ0n) is 11.1. The molecule has 1 N–H and O–H groups in total. The Hall–Kier alpha value is -2.53. The molecule has 1 aromatic carbocycles. The molecule has 4 nitrogen and oxygen atoms in total. The number of aromatic nitrogens is 1. The first-order valence-corrected chi connectivity index (χ1v) is 7.32. The van der Waals surface area contributed by atoms with E-state index < -0.39 is 0 Å². The minimum absolute atomic E-state index is 0.00439. The predicted molar refractivity (Wildman–Crippen MR) is 82.7 cm³/mol. The fourth-order valence-corrected chi connectivity index (χ4v) is 2.67. The normalized spacial score (nSPS) is 10.5. The SMILES string of the molecule is O=C(NCC(=O)c1cccs1)c1ccc2ncccc2c1. The summed E-state index contributed by atoms with van der Waals surface area (Å²) < 4.78 is 0. The largest absolute Gasteiger partial charge is 0.345 e. The molecule has 2 aromatic heterocycles. The molecule has 0 saturated carbocycles. The molecule has 3 aromatic rings. The fraction of sp³-hybridized carbons (Fsp3) is 0.0625. The average molecular weight is 296 g/mol. The number of hydrogen-bond acceptors (Lipinski definition) is 4. The summed E-state index contributed by atoms with van der Waals surface area (Å²) in [4.78, 5) is 28.8. The molecule has 104 valence electrons. The number of rotatable bonds is 4. The Morgan fingerprint density at radius 2 is 2.05 bits per heavy atom. The number of carbonyl (C=O) groups excluding carboxylic acids is 2. The monoisotopic (exact) mass is 296 g/mol. The number of hydrogen-bond donors (Lipinski definition) is 1. The van der Waals surface area contributed by atoms with Gasteiger partial charge >= 0.3 is 0 Å². The van der Waals surface area contributed by atoms with Crippen molar-refractivity contribution in [3.8, 4) is 0 Å². The second-order valence-corrected chi connectivity index (χ2v) is 5.44. The molecule has 0 aliphatic heterocycles. The summed E-state index contributed by atoms with van der Waals surface area (Å²) in [5, 5.41) is 5.39. The molecule has 21 heavy (non-hydrogen) atoms. The van der Waals surface area contributed by atoms with Gasteiger partial charge in [-0.25, -0.2) is 0 Å². The first kappa shape index (κ1) is 13.5. The van der Waals surface area contributed by atoms with Crippen LogP contribution in [0, 0.1) is 0 Å². The van der Waals surface area contributed by atoms with Gasteiger partial charge in [0, 0.05) is 17.1 Å². The van der Waals surface area contributed by atoms with E-state index >= 15 is 0 Å². The van der Waals surface area contributed by atoms with E-state index in [1.807, 2.05) is 23.6 Å².